The van der Waals surface area contributed by atoms with E-state index >= 15 is 0 Å². The third-order valence-electron chi connectivity index (χ3n) is 6.00. The van der Waals surface area contributed by atoms with Gasteiger partial charge in [-0.25, -0.2) is 9.37 Å². The zero-order valence-corrected chi connectivity index (χ0v) is 17.5. The molecule has 0 radical (unpaired) electrons. The van der Waals surface area contributed by atoms with Crippen LogP contribution >= 0.6 is 0 Å². The fraction of sp³-hybridized carbons (Fsp3) is 0.409. The van der Waals surface area contributed by atoms with Crippen molar-refractivity contribution in [1.29, 1.82) is 0 Å². The first-order chi connectivity index (χ1) is 15.2. The van der Waals surface area contributed by atoms with Crippen LogP contribution in [0.3, 0.4) is 0 Å². The second-order valence-electron chi connectivity index (χ2n) is 7.83. The first kappa shape index (κ1) is 19.7. The van der Waals surface area contributed by atoms with Crippen molar-refractivity contribution in [2.24, 2.45) is 5.92 Å². The van der Waals surface area contributed by atoms with Crippen LogP contribution in [0.5, 0.6) is 11.6 Å². The Balaban J connectivity index is 1.38. The molecule has 1 saturated heterocycles. The fourth-order valence-electron chi connectivity index (χ4n) is 4.44. The average molecular weight is 425 g/mol. The summed E-state index contributed by atoms with van der Waals surface area (Å²) in [6.07, 6.45) is 2.67. The van der Waals surface area contributed by atoms with Crippen molar-refractivity contribution in [1.82, 2.24) is 19.7 Å². The molecular weight excluding hydrogens is 401 g/mol. The Morgan fingerprint density at radius 1 is 1.16 bits per heavy atom. The maximum Gasteiger partial charge on any atom is 0.232 e. The zero-order chi connectivity index (χ0) is 21.4. The van der Waals surface area contributed by atoms with Crippen molar-refractivity contribution in [3.63, 3.8) is 0 Å². The van der Waals surface area contributed by atoms with Gasteiger partial charge in [-0.15, -0.1) is 10.2 Å². The second-order valence-corrected chi connectivity index (χ2v) is 7.83. The maximum atomic E-state index is 13.6. The summed E-state index contributed by atoms with van der Waals surface area (Å²) in [7, 11) is 3.22. The van der Waals surface area contributed by atoms with Gasteiger partial charge in [-0.1, -0.05) is 6.07 Å². The van der Waals surface area contributed by atoms with Gasteiger partial charge in [-0.2, -0.15) is 0 Å². The molecular formula is C22H24FN5O3. The van der Waals surface area contributed by atoms with Crippen molar-refractivity contribution in [3.8, 4) is 17.3 Å². The number of rotatable bonds is 6. The molecule has 2 aliphatic rings. The minimum Gasteiger partial charge on any atom is -0.493 e. The van der Waals surface area contributed by atoms with Gasteiger partial charge < -0.3 is 19.1 Å². The van der Waals surface area contributed by atoms with E-state index in [1.54, 1.807) is 20.4 Å². The van der Waals surface area contributed by atoms with Crippen LogP contribution in [0.25, 0.3) is 5.69 Å². The molecule has 0 aliphatic carbocycles. The molecule has 162 valence electrons. The minimum atomic E-state index is -0.262. The highest BCUT2D eigenvalue weighted by molar-refractivity contribution is 5.47. The van der Waals surface area contributed by atoms with Crippen molar-refractivity contribution in [2.75, 3.05) is 38.8 Å². The van der Waals surface area contributed by atoms with E-state index in [0.717, 1.165) is 36.7 Å². The van der Waals surface area contributed by atoms with Gasteiger partial charge in [-0.05, 0) is 30.0 Å². The van der Waals surface area contributed by atoms with Crippen LogP contribution in [-0.4, -0.2) is 53.7 Å². The molecule has 0 N–H and O–H groups in total. The number of anilines is 1. The van der Waals surface area contributed by atoms with Gasteiger partial charge in [0, 0.05) is 38.2 Å². The van der Waals surface area contributed by atoms with Gasteiger partial charge in [0.15, 0.2) is 5.82 Å². The Morgan fingerprint density at radius 3 is 2.77 bits per heavy atom. The summed E-state index contributed by atoms with van der Waals surface area (Å²) in [4.78, 5) is 6.52. The lowest BCUT2D eigenvalue weighted by atomic mass is 9.78. The molecule has 0 saturated carbocycles. The van der Waals surface area contributed by atoms with Gasteiger partial charge in [0.1, 0.15) is 18.2 Å². The van der Waals surface area contributed by atoms with E-state index in [-0.39, 0.29) is 5.82 Å². The molecule has 9 heteroatoms. The van der Waals surface area contributed by atoms with Crippen molar-refractivity contribution in [3.05, 3.63) is 53.7 Å². The molecule has 2 aromatic heterocycles. The topological polar surface area (TPSA) is 74.5 Å². The Labute approximate surface area is 179 Å². The van der Waals surface area contributed by atoms with Gasteiger partial charge in [0.05, 0.1) is 25.6 Å². The Hall–Kier alpha value is -3.20. The van der Waals surface area contributed by atoms with E-state index in [0.29, 0.717) is 42.5 Å². The molecule has 1 aromatic carbocycles. The quantitative estimate of drug-likeness (QED) is 0.601. The SMILES string of the molecule is COCc1nnc(N2CC(C3CCOc4cc(F)ccc43)C2)n1-c1ccc(OC)nc1. The third kappa shape index (κ3) is 3.59. The number of aromatic nitrogens is 4. The molecule has 4 heterocycles. The number of hydrogen-bond acceptors (Lipinski definition) is 7. The van der Waals surface area contributed by atoms with Crippen LogP contribution in [0.15, 0.2) is 36.5 Å². The summed E-state index contributed by atoms with van der Waals surface area (Å²) in [6, 6.07) is 8.61. The predicted octanol–water partition coefficient (Wildman–Crippen LogP) is 2.96. The van der Waals surface area contributed by atoms with E-state index in [2.05, 4.69) is 20.1 Å². The highest BCUT2D eigenvalue weighted by atomic mass is 19.1. The summed E-state index contributed by atoms with van der Waals surface area (Å²) >= 11 is 0. The van der Waals surface area contributed by atoms with E-state index in [1.807, 2.05) is 22.8 Å². The minimum absolute atomic E-state index is 0.262. The summed E-state index contributed by atoms with van der Waals surface area (Å²) in [5, 5.41) is 8.77. The summed E-state index contributed by atoms with van der Waals surface area (Å²) in [5.41, 5.74) is 1.95. The van der Waals surface area contributed by atoms with Crippen LogP contribution in [0.2, 0.25) is 0 Å². The normalized spacial score (nSPS) is 18.3. The van der Waals surface area contributed by atoms with Crippen molar-refractivity contribution < 1.29 is 18.6 Å². The fourth-order valence-corrected chi connectivity index (χ4v) is 4.44. The number of ether oxygens (including phenoxy) is 3. The summed E-state index contributed by atoms with van der Waals surface area (Å²) < 4.78 is 31.7. The maximum absolute atomic E-state index is 13.6. The van der Waals surface area contributed by atoms with Crippen LogP contribution in [0.1, 0.15) is 23.7 Å². The lowest BCUT2D eigenvalue weighted by Gasteiger charge is -2.45. The number of nitrogens with zero attached hydrogens (tertiary/aromatic N) is 5. The molecule has 1 unspecified atom stereocenters. The summed E-state index contributed by atoms with van der Waals surface area (Å²) in [5.74, 6) is 3.22. The van der Waals surface area contributed by atoms with Gasteiger partial charge in [0.25, 0.3) is 0 Å². The lowest BCUT2D eigenvalue weighted by Crippen LogP contribution is -2.51. The first-order valence-corrected chi connectivity index (χ1v) is 10.3. The van der Waals surface area contributed by atoms with Crippen LogP contribution in [-0.2, 0) is 11.3 Å². The van der Waals surface area contributed by atoms with Gasteiger partial charge in [-0.3, -0.25) is 4.57 Å². The molecule has 8 nitrogen and oxygen atoms in total. The number of benzene rings is 1. The van der Waals surface area contributed by atoms with Crippen LogP contribution in [0, 0.1) is 11.7 Å². The number of hydrogen-bond donors (Lipinski definition) is 0. The highest BCUT2D eigenvalue weighted by Gasteiger charge is 2.39. The number of pyridine rings is 1. The molecule has 2 aliphatic heterocycles. The Kier molecular flexibility index (Phi) is 5.19. The second kappa shape index (κ2) is 8.14. The van der Waals surface area contributed by atoms with Gasteiger partial charge >= 0.3 is 0 Å². The highest BCUT2D eigenvalue weighted by Crippen LogP contribution is 2.43. The number of methoxy groups -OCH3 is 2. The van der Waals surface area contributed by atoms with Crippen LogP contribution < -0.4 is 14.4 Å². The third-order valence-corrected chi connectivity index (χ3v) is 6.00. The molecule has 0 bridgehead atoms. The number of fused-ring (bicyclic) bond motifs is 1. The lowest BCUT2D eigenvalue weighted by molar-refractivity contribution is 0.176. The van der Waals surface area contributed by atoms with E-state index in [4.69, 9.17) is 14.2 Å². The molecule has 1 atom stereocenters. The molecule has 31 heavy (non-hydrogen) atoms. The van der Waals surface area contributed by atoms with Gasteiger partial charge in [0.2, 0.25) is 11.8 Å². The molecule has 1 fully saturated rings. The molecule has 0 amide bonds. The summed E-state index contributed by atoms with van der Waals surface area (Å²) in [6.45, 7) is 2.64. The predicted molar refractivity (Wildman–Crippen MR) is 111 cm³/mol. The smallest absolute Gasteiger partial charge is 0.232 e. The van der Waals surface area contributed by atoms with E-state index < -0.39 is 0 Å². The van der Waals surface area contributed by atoms with Crippen molar-refractivity contribution >= 4 is 5.95 Å². The Bertz CT molecular complexity index is 1070. The monoisotopic (exact) mass is 425 g/mol. The molecule has 5 rings (SSSR count). The molecule has 0 spiro atoms. The van der Waals surface area contributed by atoms with E-state index in [9.17, 15) is 4.39 Å². The zero-order valence-electron chi connectivity index (χ0n) is 17.5. The van der Waals surface area contributed by atoms with Crippen LogP contribution in [0.4, 0.5) is 10.3 Å². The first-order valence-electron chi connectivity index (χ1n) is 10.3. The van der Waals surface area contributed by atoms with Crippen molar-refractivity contribution in [2.45, 2.75) is 18.9 Å². The molecule has 3 aromatic rings. The average Bonchev–Trinajstić information content (AvgIpc) is 3.16. The van der Waals surface area contributed by atoms with E-state index in [1.165, 1.54) is 12.1 Å². The largest absolute Gasteiger partial charge is 0.493 e. The number of halogens is 1. The standard InChI is InChI=1S/C22H24FN5O3/c1-29-13-20-25-26-22(28(20)16-4-6-21(30-2)24-10-16)27-11-14(12-27)17-7-8-31-19-9-15(23)3-5-18(17)19/h3-6,9-10,14,17H,7-8,11-13H2,1-2H3. The Morgan fingerprint density at radius 2 is 2.03 bits per heavy atom.